The van der Waals surface area contributed by atoms with Crippen molar-refractivity contribution in [2.75, 3.05) is 6.66 Å². The number of hydrogen-bond donors (Lipinski definition) is 1. The maximum absolute atomic E-state index is 11.1. The predicted molar refractivity (Wildman–Crippen MR) is 23.4 cm³/mol. The molecule has 0 bridgehead atoms. The van der Waals surface area contributed by atoms with Crippen LogP contribution >= 0.6 is 18.4 Å². The van der Waals surface area contributed by atoms with E-state index in [1.807, 2.05) is 0 Å². The van der Waals surface area contributed by atoms with Crippen LogP contribution in [0.25, 0.3) is 0 Å². The first-order valence-corrected chi connectivity index (χ1v) is 4.44. The van der Waals surface area contributed by atoms with Gasteiger partial charge in [-0.3, -0.25) is 0 Å². The van der Waals surface area contributed by atoms with Gasteiger partial charge in [-0.2, -0.15) is 0 Å². The van der Waals surface area contributed by atoms with Gasteiger partial charge in [-0.05, 0) is 0 Å². The topological polar surface area (TPSA) is 20.2 Å². The molecule has 0 rings (SSSR count). The molecule has 0 saturated carbocycles. The summed E-state index contributed by atoms with van der Waals surface area (Å²) >= 11 is 4.56. The van der Waals surface area contributed by atoms with E-state index >= 15 is 0 Å². The molecule has 0 aromatic rings. The number of rotatable bonds is 0. The molecule has 1 nitrogen and oxygen atoms in total. The van der Waals surface area contributed by atoms with E-state index in [4.69, 9.17) is 4.89 Å². The summed E-state index contributed by atoms with van der Waals surface area (Å²) in [5, 5.41) is 0. The van der Waals surface area contributed by atoms with Gasteiger partial charge in [0.2, 0.25) is 0 Å². The quantitative estimate of drug-likeness (QED) is 0.476. The summed E-state index contributed by atoms with van der Waals surface area (Å²) < 4.78 is 11.1. The average molecular weight is 118 g/mol. The van der Waals surface area contributed by atoms with Crippen LogP contribution < -0.4 is 0 Å². The molecule has 4 heteroatoms. The Hall–Kier alpha value is 0.610. The van der Waals surface area contributed by atoms with E-state index in [-0.39, 0.29) is 0 Å². The summed E-state index contributed by atoms with van der Waals surface area (Å²) in [6.07, 6.45) is 0. The van der Waals surface area contributed by atoms with Crippen molar-refractivity contribution >= 4 is 18.4 Å². The first-order chi connectivity index (χ1) is 2.00. The second-order valence-electron chi connectivity index (χ2n) is 0.842. The Labute approximate surface area is 35.1 Å². The van der Waals surface area contributed by atoms with Crippen molar-refractivity contribution in [1.29, 1.82) is 0 Å². The fraction of sp³-hybridized carbons (Fsp3) is 1.00. The van der Waals surface area contributed by atoms with E-state index in [0.29, 0.717) is 0 Å². The molecule has 0 aliphatic heterocycles. The van der Waals surface area contributed by atoms with Crippen LogP contribution in [0, 0.1) is 0 Å². The van der Waals surface area contributed by atoms with Gasteiger partial charge in [-0.15, -0.1) is 0 Å². The van der Waals surface area contributed by atoms with Gasteiger partial charge in [0.15, 0.2) is 0 Å². The minimum atomic E-state index is -3.64. The van der Waals surface area contributed by atoms with Crippen LogP contribution in [0.1, 0.15) is 0 Å². The summed E-state index contributed by atoms with van der Waals surface area (Å²) in [6, 6.07) is 0. The molecule has 0 atom stereocenters. The van der Waals surface area contributed by atoms with Gasteiger partial charge in [0.25, 0.3) is 0 Å². The second kappa shape index (κ2) is 1.38. The first kappa shape index (κ1) is 5.61. The van der Waals surface area contributed by atoms with Crippen molar-refractivity contribution in [2.24, 2.45) is 0 Å². The molecule has 0 heterocycles. The van der Waals surface area contributed by atoms with Gasteiger partial charge in [0.05, 0.1) is 0 Å². The normalized spacial score (nSPS) is 15.2. The van der Waals surface area contributed by atoms with Crippen LogP contribution in [0.2, 0.25) is 0 Å². The van der Waals surface area contributed by atoms with E-state index in [1.54, 1.807) is 0 Å². The molecule has 0 fully saturated rings. The Morgan fingerprint density at radius 1 is 2.00 bits per heavy atom. The van der Waals surface area contributed by atoms with Gasteiger partial charge in [-0.1, -0.05) is 0 Å². The summed E-state index contributed by atoms with van der Waals surface area (Å²) in [5.74, 6) is 0. The van der Waals surface area contributed by atoms with Crippen LogP contribution in [-0.2, 0) is 0 Å². The fourth-order valence-corrected chi connectivity index (χ4v) is 0. The molecular formula is CH5ClFOP. The zero-order valence-electron chi connectivity index (χ0n) is 2.70. The monoisotopic (exact) mass is 118 g/mol. The molecule has 0 saturated heterocycles. The molecule has 0 spiro atoms. The molecule has 5 heavy (non-hydrogen) atoms. The van der Waals surface area contributed by atoms with Gasteiger partial charge in [-0.25, -0.2) is 0 Å². The first-order valence-electron chi connectivity index (χ1n) is 1.10. The Balaban J connectivity index is 3.02. The van der Waals surface area contributed by atoms with E-state index in [2.05, 4.69) is 11.2 Å². The summed E-state index contributed by atoms with van der Waals surface area (Å²) in [7, 11) is -3.64. The SMILES string of the molecule is C[PH](O)(F)Cl. The van der Waals surface area contributed by atoms with E-state index in [9.17, 15) is 4.20 Å². The number of halogens is 2. The Morgan fingerprint density at radius 3 is 2.00 bits per heavy atom. The van der Waals surface area contributed by atoms with Crippen LogP contribution in [0.3, 0.4) is 0 Å². The van der Waals surface area contributed by atoms with E-state index in [0.717, 1.165) is 6.66 Å². The van der Waals surface area contributed by atoms with Gasteiger partial charge in [0.1, 0.15) is 0 Å². The summed E-state index contributed by atoms with van der Waals surface area (Å²) in [5.41, 5.74) is 0. The third-order valence-electron chi connectivity index (χ3n) is 0. The summed E-state index contributed by atoms with van der Waals surface area (Å²) in [6.45, 7) is 0.981. The molecule has 0 aromatic carbocycles. The average Bonchev–Trinajstić information content (AvgIpc) is 0.722. The molecular weight excluding hydrogens is 113 g/mol. The molecule has 0 aliphatic carbocycles. The van der Waals surface area contributed by atoms with Crippen molar-refractivity contribution in [2.45, 2.75) is 0 Å². The van der Waals surface area contributed by atoms with Crippen LogP contribution in [0.15, 0.2) is 0 Å². The summed E-state index contributed by atoms with van der Waals surface area (Å²) in [4.78, 5) is 7.76. The third kappa shape index (κ3) is 84.4. The van der Waals surface area contributed by atoms with Crippen LogP contribution in [0.4, 0.5) is 4.20 Å². The molecule has 0 aliphatic rings. The van der Waals surface area contributed by atoms with Crippen molar-refractivity contribution in [3.05, 3.63) is 0 Å². The predicted octanol–water partition coefficient (Wildman–Crippen LogP) is 1.31. The zero-order valence-corrected chi connectivity index (χ0v) is 4.46. The van der Waals surface area contributed by atoms with Crippen LogP contribution in [-0.4, -0.2) is 11.6 Å². The van der Waals surface area contributed by atoms with Gasteiger partial charge >= 0.3 is 34.1 Å². The van der Waals surface area contributed by atoms with Crippen molar-refractivity contribution in [3.63, 3.8) is 0 Å². The molecule has 1 N–H and O–H groups in total. The molecule has 0 amide bonds. The number of hydrogen-bond acceptors (Lipinski definition) is 1. The Morgan fingerprint density at radius 2 is 2.00 bits per heavy atom. The Bertz CT molecular complexity index is 27.1. The van der Waals surface area contributed by atoms with Crippen molar-refractivity contribution in [3.8, 4) is 0 Å². The van der Waals surface area contributed by atoms with E-state index in [1.165, 1.54) is 0 Å². The van der Waals surface area contributed by atoms with Gasteiger partial charge in [0, 0.05) is 0 Å². The molecule has 34 valence electrons. The Kier molecular flexibility index (Phi) is 1.54. The minimum absolute atomic E-state index is 0.981. The fourth-order valence-electron chi connectivity index (χ4n) is 0. The maximum atomic E-state index is 11.1. The second-order valence-corrected chi connectivity index (χ2v) is 4.60. The van der Waals surface area contributed by atoms with E-state index < -0.39 is 7.15 Å². The third-order valence-corrected chi connectivity index (χ3v) is 0. The van der Waals surface area contributed by atoms with Crippen molar-refractivity contribution in [1.82, 2.24) is 0 Å². The molecule has 0 unspecified atom stereocenters. The van der Waals surface area contributed by atoms with Crippen LogP contribution in [0.5, 0.6) is 0 Å². The molecule has 0 radical (unpaired) electrons. The van der Waals surface area contributed by atoms with Gasteiger partial charge < -0.3 is 0 Å². The standard InChI is InChI=1S/CH5ClFOP/c1-5(2,3)4/h4-5H,1H3. The van der Waals surface area contributed by atoms with Crippen molar-refractivity contribution < 1.29 is 9.09 Å². The molecule has 0 aromatic heterocycles. The zero-order chi connectivity index (χ0) is 4.50.